The van der Waals surface area contributed by atoms with Crippen LogP contribution in [0.15, 0.2) is 41.3 Å². The summed E-state index contributed by atoms with van der Waals surface area (Å²) in [5, 5.41) is 31.9. The second-order valence-electron chi connectivity index (χ2n) is 8.92. The van der Waals surface area contributed by atoms with Crippen LogP contribution >= 0.6 is 11.6 Å². The van der Waals surface area contributed by atoms with Crippen LogP contribution in [0.25, 0.3) is 0 Å². The molecule has 0 radical (unpaired) electrons. The monoisotopic (exact) mass is 515 g/mol. The minimum Gasteiger partial charge on any atom is -0.394 e. The zero-order valence-corrected chi connectivity index (χ0v) is 19.5. The van der Waals surface area contributed by atoms with Crippen LogP contribution in [0, 0.1) is 23.5 Å². The molecular formula is C23H24ClF2NO6S. The minimum absolute atomic E-state index is 0.00570. The second kappa shape index (κ2) is 9.16. The van der Waals surface area contributed by atoms with E-state index in [1.807, 2.05) is 0 Å². The van der Waals surface area contributed by atoms with Crippen molar-refractivity contribution in [3.8, 4) is 0 Å². The van der Waals surface area contributed by atoms with Gasteiger partial charge in [-0.2, -0.15) is 0 Å². The van der Waals surface area contributed by atoms with Crippen LogP contribution in [0.4, 0.5) is 14.5 Å². The molecule has 0 saturated heterocycles. The highest BCUT2D eigenvalue weighted by Gasteiger charge is 2.58. The van der Waals surface area contributed by atoms with E-state index in [0.717, 1.165) is 18.2 Å². The van der Waals surface area contributed by atoms with Gasteiger partial charge in [-0.05, 0) is 67.9 Å². The van der Waals surface area contributed by atoms with E-state index in [0.29, 0.717) is 12.8 Å². The van der Waals surface area contributed by atoms with Crippen molar-refractivity contribution in [2.45, 2.75) is 47.5 Å². The Morgan fingerprint density at radius 1 is 1.12 bits per heavy atom. The molecule has 0 spiro atoms. The minimum atomic E-state index is -4.02. The van der Waals surface area contributed by atoms with Crippen molar-refractivity contribution >= 4 is 33.0 Å². The van der Waals surface area contributed by atoms with Crippen LogP contribution in [0.5, 0.6) is 0 Å². The van der Waals surface area contributed by atoms with Gasteiger partial charge in [0.15, 0.2) is 21.5 Å². The van der Waals surface area contributed by atoms with Crippen LogP contribution < -0.4 is 5.32 Å². The Hall–Kier alpha value is -2.11. The highest BCUT2D eigenvalue weighted by atomic mass is 35.5. The second-order valence-corrected chi connectivity index (χ2v) is 11.5. The number of amides is 1. The number of sulfone groups is 1. The van der Waals surface area contributed by atoms with E-state index in [1.165, 1.54) is 18.2 Å². The van der Waals surface area contributed by atoms with Gasteiger partial charge in [0.25, 0.3) is 5.91 Å². The smallest absolute Gasteiger partial charge is 0.255 e. The number of hydrogen-bond acceptors (Lipinski definition) is 6. The fraction of sp³-hybridized carbons (Fsp3) is 0.435. The predicted octanol–water partition coefficient (Wildman–Crippen LogP) is 2.92. The lowest BCUT2D eigenvalue weighted by Gasteiger charge is -2.44. The van der Waals surface area contributed by atoms with Crippen molar-refractivity contribution in [2.75, 3.05) is 11.9 Å². The molecule has 4 rings (SSSR count). The van der Waals surface area contributed by atoms with Crippen molar-refractivity contribution < 1.29 is 37.3 Å². The number of benzene rings is 2. The quantitative estimate of drug-likeness (QED) is 0.469. The molecule has 11 heteroatoms. The Morgan fingerprint density at radius 3 is 2.35 bits per heavy atom. The molecule has 2 unspecified atom stereocenters. The van der Waals surface area contributed by atoms with E-state index in [4.69, 9.17) is 11.6 Å². The van der Waals surface area contributed by atoms with Gasteiger partial charge in [0, 0.05) is 17.3 Å². The van der Waals surface area contributed by atoms with Crippen LogP contribution in [0.3, 0.4) is 0 Å². The zero-order valence-electron chi connectivity index (χ0n) is 17.9. The summed E-state index contributed by atoms with van der Waals surface area (Å²) in [7, 11) is -4.02. The summed E-state index contributed by atoms with van der Waals surface area (Å²) in [5.74, 6) is -3.96. The van der Waals surface area contributed by atoms with E-state index in [1.54, 1.807) is 0 Å². The Bertz CT molecular complexity index is 1210. The van der Waals surface area contributed by atoms with Crippen LogP contribution in [0.2, 0.25) is 5.02 Å². The number of rotatable bonds is 6. The number of carbonyl (C=O) groups is 1. The lowest BCUT2D eigenvalue weighted by atomic mass is 9.71. The lowest BCUT2D eigenvalue weighted by Crippen LogP contribution is -2.56. The molecular weight excluding hydrogens is 492 g/mol. The largest absolute Gasteiger partial charge is 0.394 e. The molecule has 7 nitrogen and oxygen atoms in total. The molecule has 2 saturated carbocycles. The highest BCUT2D eigenvalue weighted by molar-refractivity contribution is 7.92. The van der Waals surface area contributed by atoms with Gasteiger partial charge < -0.3 is 20.6 Å². The first-order chi connectivity index (χ1) is 16.0. The lowest BCUT2D eigenvalue weighted by molar-refractivity contribution is -0.154. The molecule has 0 aliphatic heterocycles. The number of halogens is 3. The fourth-order valence-corrected chi connectivity index (χ4v) is 7.71. The third-order valence-corrected chi connectivity index (χ3v) is 9.74. The van der Waals surface area contributed by atoms with Crippen molar-refractivity contribution in [3.05, 3.63) is 58.6 Å². The number of hydrogen-bond donors (Lipinski definition) is 4. The van der Waals surface area contributed by atoms with E-state index in [-0.39, 0.29) is 34.0 Å². The van der Waals surface area contributed by atoms with Gasteiger partial charge in [-0.1, -0.05) is 11.6 Å². The van der Waals surface area contributed by atoms with Gasteiger partial charge in [-0.3, -0.25) is 4.79 Å². The normalized spacial score (nSPS) is 27.4. The van der Waals surface area contributed by atoms with Crippen LogP contribution in [-0.2, 0) is 9.84 Å². The van der Waals surface area contributed by atoms with Crippen molar-refractivity contribution in [1.82, 2.24) is 0 Å². The Morgan fingerprint density at radius 2 is 1.76 bits per heavy atom. The average Bonchev–Trinajstić information content (AvgIpc) is 2.97. The number of carbonyl (C=O) groups excluding carboxylic acids is 1. The zero-order chi connectivity index (χ0) is 24.8. The maximum atomic E-state index is 13.5. The average molecular weight is 516 g/mol. The Labute approximate surface area is 200 Å². The SMILES string of the molecule is O=C(Nc1ccc(F)c(F)c1)c1ccc(Cl)c(S(=O)(=O)C2C[C@H]3CC[C@@H](C2)C3(O)[C@H](O)CO)c1. The van der Waals surface area contributed by atoms with Gasteiger partial charge in [0.05, 0.1) is 27.4 Å². The van der Waals surface area contributed by atoms with E-state index >= 15 is 0 Å². The number of aliphatic hydroxyl groups is 3. The molecule has 184 valence electrons. The number of nitrogens with one attached hydrogen (secondary N) is 1. The van der Waals surface area contributed by atoms with Gasteiger partial charge in [0.1, 0.15) is 6.10 Å². The molecule has 34 heavy (non-hydrogen) atoms. The van der Waals surface area contributed by atoms with Gasteiger partial charge in [-0.25, -0.2) is 17.2 Å². The van der Waals surface area contributed by atoms with Gasteiger partial charge in [0.2, 0.25) is 0 Å². The summed E-state index contributed by atoms with van der Waals surface area (Å²) in [6, 6.07) is 6.56. The first kappa shape index (κ1) is 25.0. The van der Waals surface area contributed by atoms with E-state index < -0.39 is 62.8 Å². The molecule has 0 heterocycles. The van der Waals surface area contributed by atoms with Crippen molar-refractivity contribution in [1.29, 1.82) is 0 Å². The summed E-state index contributed by atoms with van der Waals surface area (Å²) in [5.41, 5.74) is -1.59. The molecule has 2 bridgehead atoms. The first-order valence-electron chi connectivity index (χ1n) is 10.8. The van der Waals surface area contributed by atoms with E-state index in [9.17, 15) is 37.3 Å². The van der Waals surface area contributed by atoms with Crippen LogP contribution in [-0.4, -0.2) is 53.2 Å². The fourth-order valence-electron chi connectivity index (χ4n) is 5.31. The highest BCUT2D eigenvalue weighted by Crippen LogP contribution is 2.53. The Balaban J connectivity index is 1.59. The summed E-state index contributed by atoms with van der Waals surface area (Å²) >= 11 is 6.20. The maximum Gasteiger partial charge on any atom is 0.255 e. The number of anilines is 1. The summed E-state index contributed by atoms with van der Waals surface area (Å²) in [6.45, 7) is -0.623. The topological polar surface area (TPSA) is 124 Å². The summed E-state index contributed by atoms with van der Waals surface area (Å²) in [4.78, 5) is 12.4. The molecule has 1 amide bonds. The van der Waals surface area contributed by atoms with Gasteiger partial charge in [-0.15, -0.1) is 0 Å². The molecule has 5 atom stereocenters. The predicted molar refractivity (Wildman–Crippen MR) is 120 cm³/mol. The molecule has 2 aromatic carbocycles. The maximum absolute atomic E-state index is 13.5. The van der Waals surface area contributed by atoms with E-state index in [2.05, 4.69) is 5.32 Å². The summed E-state index contributed by atoms with van der Waals surface area (Å²) in [6.07, 6.45) is -0.161. The molecule has 0 aromatic heterocycles. The molecule has 2 aliphatic rings. The van der Waals surface area contributed by atoms with Gasteiger partial charge >= 0.3 is 0 Å². The molecule has 4 N–H and O–H groups in total. The number of aliphatic hydroxyl groups excluding tert-OH is 2. The third kappa shape index (κ3) is 4.22. The standard InChI is InChI=1S/C23H24ClF2NO6S/c24-17-5-1-12(22(30)27-15-4-6-18(25)19(26)10-15)7-20(17)34(32,33)16-8-13-2-3-14(9-16)23(13,31)21(29)11-28/h1,4-7,10,13-14,16,21,28-29,31H,2-3,8-9,11H2,(H,27,30)/t13-,14+,16?,21-,23?/m1/s1. The molecule has 2 aromatic rings. The Kier molecular flexibility index (Phi) is 6.73. The number of fused-ring (bicyclic) bond motifs is 2. The van der Waals surface area contributed by atoms with Crippen molar-refractivity contribution in [2.24, 2.45) is 11.8 Å². The molecule has 2 fully saturated rings. The molecule has 2 aliphatic carbocycles. The van der Waals surface area contributed by atoms with Crippen LogP contribution in [0.1, 0.15) is 36.0 Å². The first-order valence-corrected chi connectivity index (χ1v) is 12.7. The van der Waals surface area contributed by atoms with Crippen molar-refractivity contribution in [3.63, 3.8) is 0 Å². The third-order valence-electron chi connectivity index (χ3n) is 7.09. The summed E-state index contributed by atoms with van der Waals surface area (Å²) < 4.78 is 53.5.